The molecule has 0 atom stereocenters. The third-order valence-corrected chi connectivity index (χ3v) is 4.71. The molecule has 0 saturated carbocycles. The smallest absolute Gasteiger partial charge is 0.223 e. The number of nitrogens with one attached hydrogen (secondary N) is 1. The standard InChI is InChI=1S/C16H21N5OS/c1-11(22)18-16-19-14(10-23-16)12-3-4-15(13(17)9-12)21-7-5-20(2)6-8-21/h3-4,9-10H,5-8,17H2,1-2H3,(H,18,19,22). The highest BCUT2D eigenvalue weighted by Gasteiger charge is 2.17. The van der Waals surface area contributed by atoms with Gasteiger partial charge in [-0.15, -0.1) is 11.3 Å². The van der Waals surface area contributed by atoms with Gasteiger partial charge in [0.1, 0.15) is 0 Å². The van der Waals surface area contributed by atoms with Crippen molar-refractivity contribution in [3.05, 3.63) is 23.6 Å². The second-order valence-electron chi connectivity index (χ2n) is 5.78. The maximum absolute atomic E-state index is 11.1. The summed E-state index contributed by atoms with van der Waals surface area (Å²) in [6.07, 6.45) is 0. The highest BCUT2D eigenvalue weighted by atomic mass is 32.1. The first-order chi connectivity index (χ1) is 11.0. The van der Waals surface area contributed by atoms with Gasteiger partial charge in [0.2, 0.25) is 5.91 Å². The quantitative estimate of drug-likeness (QED) is 0.843. The Morgan fingerprint density at radius 2 is 2.04 bits per heavy atom. The molecule has 23 heavy (non-hydrogen) atoms. The molecule has 2 heterocycles. The van der Waals surface area contributed by atoms with Crippen molar-refractivity contribution in [2.24, 2.45) is 0 Å². The Labute approximate surface area is 139 Å². The summed E-state index contributed by atoms with van der Waals surface area (Å²) in [5.41, 5.74) is 9.90. The fourth-order valence-electron chi connectivity index (χ4n) is 2.66. The van der Waals surface area contributed by atoms with Crippen molar-refractivity contribution < 1.29 is 4.79 Å². The van der Waals surface area contributed by atoms with Crippen LogP contribution in [0.4, 0.5) is 16.5 Å². The van der Waals surface area contributed by atoms with Crippen LogP contribution in [0.2, 0.25) is 0 Å². The van der Waals surface area contributed by atoms with Gasteiger partial charge < -0.3 is 20.9 Å². The number of carbonyl (C=O) groups is 1. The third-order valence-electron chi connectivity index (χ3n) is 3.95. The van der Waals surface area contributed by atoms with Crippen LogP contribution in [0.5, 0.6) is 0 Å². The van der Waals surface area contributed by atoms with Gasteiger partial charge >= 0.3 is 0 Å². The van der Waals surface area contributed by atoms with Crippen molar-refractivity contribution >= 4 is 33.8 Å². The van der Waals surface area contributed by atoms with Gasteiger partial charge in [-0.05, 0) is 19.2 Å². The fraction of sp³-hybridized carbons (Fsp3) is 0.375. The summed E-state index contributed by atoms with van der Waals surface area (Å²) in [7, 11) is 2.14. The second kappa shape index (κ2) is 6.55. The molecule has 0 unspecified atom stereocenters. The number of nitrogen functional groups attached to an aromatic ring is 1. The monoisotopic (exact) mass is 331 g/mol. The van der Waals surface area contributed by atoms with E-state index in [0.717, 1.165) is 48.8 Å². The number of anilines is 3. The van der Waals surface area contributed by atoms with Crippen molar-refractivity contribution in [3.63, 3.8) is 0 Å². The van der Waals surface area contributed by atoms with Crippen LogP contribution in [0.25, 0.3) is 11.3 Å². The first kappa shape index (κ1) is 15.8. The van der Waals surface area contributed by atoms with E-state index in [1.54, 1.807) is 0 Å². The summed E-state index contributed by atoms with van der Waals surface area (Å²) >= 11 is 1.41. The van der Waals surface area contributed by atoms with E-state index in [4.69, 9.17) is 5.73 Å². The molecule has 1 aliphatic rings. The predicted octanol–water partition coefficient (Wildman–Crippen LogP) is 2.10. The van der Waals surface area contributed by atoms with E-state index in [-0.39, 0.29) is 5.91 Å². The van der Waals surface area contributed by atoms with E-state index in [1.165, 1.54) is 18.3 Å². The Morgan fingerprint density at radius 1 is 1.30 bits per heavy atom. The van der Waals surface area contributed by atoms with E-state index in [2.05, 4.69) is 33.2 Å². The van der Waals surface area contributed by atoms with Crippen LogP contribution >= 0.6 is 11.3 Å². The predicted molar refractivity (Wildman–Crippen MR) is 96.0 cm³/mol. The molecule has 7 heteroatoms. The third kappa shape index (κ3) is 3.62. The van der Waals surface area contributed by atoms with Crippen LogP contribution in [0, 0.1) is 0 Å². The zero-order chi connectivity index (χ0) is 16.4. The maximum atomic E-state index is 11.1. The van der Waals surface area contributed by atoms with Gasteiger partial charge in [-0.2, -0.15) is 0 Å². The van der Waals surface area contributed by atoms with Crippen molar-refractivity contribution in [1.82, 2.24) is 9.88 Å². The van der Waals surface area contributed by atoms with Crippen LogP contribution in [0.15, 0.2) is 23.6 Å². The Kier molecular flexibility index (Phi) is 4.49. The first-order valence-corrected chi connectivity index (χ1v) is 8.47. The molecule has 0 spiro atoms. The minimum absolute atomic E-state index is 0.115. The van der Waals surface area contributed by atoms with Crippen molar-refractivity contribution in [3.8, 4) is 11.3 Å². The lowest BCUT2D eigenvalue weighted by Gasteiger charge is -2.34. The SMILES string of the molecule is CC(=O)Nc1nc(-c2ccc(N3CCN(C)CC3)c(N)c2)cs1. The molecule has 1 saturated heterocycles. The number of piperazine rings is 1. The number of nitrogens with two attached hydrogens (primary N) is 1. The highest BCUT2D eigenvalue weighted by Crippen LogP contribution is 2.31. The van der Waals surface area contributed by atoms with Gasteiger partial charge in [-0.1, -0.05) is 6.07 Å². The Hall–Kier alpha value is -2.12. The minimum atomic E-state index is -0.115. The molecule has 0 aliphatic carbocycles. The zero-order valence-corrected chi connectivity index (χ0v) is 14.2. The number of benzene rings is 1. The lowest BCUT2D eigenvalue weighted by Crippen LogP contribution is -2.44. The zero-order valence-electron chi connectivity index (χ0n) is 13.4. The number of hydrogen-bond donors (Lipinski definition) is 2. The molecule has 0 bridgehead atoms. The summed E-state index contributed by atoms with van der Waals surface area (Å²) in [6, 6.07) is 6.06. The number of likely N-dealkylation sites (N-methyl/N-ethyl adjacent to an activating group) is 1. The van der Waals surface area contributed by atoms with E-state index in [0.29, 0.717) is 5.13 Å². The highest BCUT2D eigenvalue weighted by molar-refractivity contribution is 7.14. The lowest BCUT2D eigenvalue weighted by molar-refractivity contribution is -0.114. The van der Waals surface area contributed by atoms with Gasteiger partial charge in [-0.25, -0.2) is 4.98 Å². The summed E-state index contributed by atoms with van der Waals surface area (Å²) in [5, 5.41) is 5.23. The van der Waals surface area contributed by atoms with Crippen LogP contribution in [0.3, 0.4) is 0 Å². The molecule has 1 aromatic carbocycles. The number of carbonyl (C=O) groups excluding carboxylic acids is 1. The molecular formula is C16H21N5OS. The molecule has 2 aromatic rings. The molecule has 6 nitrogen and oxygen atoms in total. The average molecular weight is 331 g/mol. The molecule has 1 aromatic heterocycles. The van der Waals surface area contributed by atoms with Gasteiger partial charge in [0.25, 0.3) is 0 Å². The normalized spacial score (nSPS) is 15.7. The number of nitrogens with zero attached hydrogens (tertiary/aromatic N) is 3. The summed E-state index contributed by atoms with van der Waals surface area (Å²) in [4.78, 5) is 20.1. The van der Waals surface area contributed by atoms with Crippen molar-refractivity contribution in [1.29, 1.82) is 0 Å². The molecule has 3 N–H and O–H groups in total. The van der Waals surface area contributed by atoms with Crippen LogP contribution in [-0.4, -0.2) is 49.0 Å². The van der Waals surface area contributed by atoms with E-state index < -0.39 is 0 Å². The second-order valence-corrected chi connectivity index (χ2v) is 6.64. The summed E-state index contributed by atoms with van der Waals surface area (Å²) in [5.74, 6) is -0.115. The summed E-state index contributed by atoms with van der Waals surface area (Å²) < 4.78 is 0. The molecule has 0 radical (unpaired) electrons. The largest absolute Gasteiger partial charge is 0.397 e. The summed E-state index contributed by atoms with van der Waals surface area (Å²) in [6.45, 7) is 5.55. The number of aromatic nitrogens is 1. The van der Waals surface area contributed by atoms with Crippen LogP contribution in [-0.2, 0) is 4.79 Å². The average Bonchev–Trinajstić information content (AvgIpc) is 2.96. The molecule has 3 rings (SSSR count). The Balaban J connectivity index is 1.79. The minimum Gasteiger partial charge on any atom is -0.397 e. The van der Waals surface area contributed by atoms with E-state index in [9.17, 15) is 4.79 Å². The van der Waals surface area contributed by atoms with E-state index >= 15 is 0 Å². The van der Waals surface area contributed by atoms with Gasteiger partial charge in [0.05, 0.1) is 17.1 Å². The van der Waals surface area contributed by atoms with Crippen LogP contribution < -0.4 is 16.0 Å². The first-order valence-electron chi connectivity index (χ1n) is 7.59. The molecule has 1 aliphatic heterocycles. The number of thiazole rings is 1. The van der Waals surface area contributed by atoms with Crippen molar-refractivity contribution in [2.45, 2.75) is 6.92 Å². The number of amides is 1. The Bertz CT molecular complexity index is 706. The number of hydrogen-bond acceptors (Lipinski definition) is 6. The van der Waals surface area contributed by atoms with Gasteiger partial charge in [0, 0.05) is 44.0 Å². The fourth-order valence-corrected chi connectivity index (χ4v) is 3.43. The molecule has 122 valence electrons. The Morgan fingerprint density at radius 3 is 2.70 bits per heavy atom. The molecule has 1 fully saturated rings. The van der Waals surface area contributed by atoms with Crippen LogP contribution in [0.1, 0.15) is 6.92 Å². The number of rotatable bonds is 3. The van der Waals surface area contributed by atoms with E-state index in [1.807, 2.05) is 17.5 Å². The van der Waals surface area contributed by atoms with Gasteiger partial charge in [0.15, 0.2) is 5.13 Å². The van der Waals surface area contributed by atoms with Crippen molar-refractivity contribution in [2.75, 3.05) is 49.2 Å². The van der Waals surface area contributed by atoms with Gasteiger partial charge in [-0.3, -0.25) is 4.79 Å². The maximum Gasteiger partial charge on any atom is 0.223 e. The molecular weight excluding hydrogens is 310 g/mol. The lowest BCUT2D eigenvalue weighted by atomic mass is 10.1. The molecule has 1 amide bonds. The topological polar surface area (TPSA) is 74.5 Å².